The van der Waals surface area contributed by atoms with Crippen molar-refractivity contribution >= 4 is 23.5 Å². The molecule has 0 saturated carbocycles. The Morgan fingerprint density at radius 3 is 2.42 bits per heavy atom. The zero-order valence-electron chi connectivity index (χ0n) is 13.6. The van der Waals surface area contributed by atoms with Crippen LogP contribution in [0.4, 0.5) is 10.5 Å². The van der Waals surface area contributed by atoms with Crippen molar-refractivity contribution in [1.29, 1.82) is 0 Å². The van der Waals surface area contributed by atoms with Gasteiger partial charge in [0.2, 0.25) is 0 Å². The van der Waals surface area contributed by atoms with E-state index < -0.39 is 23.4 Å². The third-order valence-electron chi connectivity index (χ3n) is 4.43. The van der Waals surface area contributed by atoms with Gasteiger partial charge in [-0.1, -0.05) is 48.5 Å². The number of imide groups is 1. The third kappa shape index (κ3) is 2.46. The zero-order valence-corrected chi connectivity index (χ0v) is 13.6. The number of anilines is 1. The Kier molecular flexibility index (Phi) is 3.59. The number of aliphatic hydroxyl groups is 1. The van der Waals surface area contributed by atoms with Crippen LogP contribution >= 0.6 is 0 Å². The van der Waals surface area contributed by atoms with Crippen LogP contribution in [0, 0.1) is 0 Å². The summed E-state index contributed by atoms with van der Waals surface area (Å²) in [4.78, 5) is 38.1. The Morgan fingerprint density at radius 1 is 0.962 bits per heavy atom. The largest absolute Gasteiger partial charge is 0.372 e. The second-order valence-corrected chi connectivity index (χ2v) is 6.13. The molecule has 2 aromatic carbocycles. The first-order chi connectivity index (χ1) is 12.5. The minimum atomic E-state index is -2.02. The molecule has 0 aromatic heterocycles. The summed E-state index contributed by atoms with van der Waals surface area (Å²) in [6.07, 6.45) is 1.10. The maximum atomic E-state index is 12.6. The summed E-state index contributed by atoms with van der Waals surface area (Å²) in [5, 5.41) is 15.8. The lowest BCUT2D eigenvalue weighted by Crippen LogP contribution is -2.33. The van der Waals surface area contributed by atoms with E-state index >= 15 is 0 Å². The highest BCUT2D eigenvalue weighted by Gasteiger charge is 2.46. The van der Waals surface area contributed by atoms with Crippen molar-refractivity contribution in [2.75, 3.05) is 5.32 Å². The number of nitrogens with one attached hydrogen (secondary N) is 2. The summed E-state index contributed by atoms with van der Waals surface area (Å²) in [7, 11) is 0. The average Bonchev–Trinajstić information content (AvgIpc) is 3.04. The van der Waals surface area contributed by atoms with Gasteiger partial charge in [-0.05, 0) is 17.7 Å². The van der Waals surface area contributed by atoms with E-state index in [-0.39, 0.29) is 12.2 Å². The molecule has 7 heteroatoms. The van der Waals surface area contributed by atoms with Crippen molar-refractivity contribution in [1.82, 2.24) is 10.2 Å². The van der Waals surface area contributed by atoms with E-state index in [4.69, 9.17) is 0 Å². The first kappa shape index (κ1) is 16.0. The number of carbonyl (C=O) groups is 3. The Bertz CT molecular complexity index is 954. The maximum absolute atomic E-state index is 12.6. The molecular weight excluding hydrogens is 334 g/mol. The number of amides is 4. The molecule has 2 aromatic rings. The summed E-state index contributed by atoms with van der Waals surface area (Å²) in [5.74, 6) is -1.26. The van der Waals surface area contributed by atoms with Crippen molar-refractivity contribution in [3.63, 3.8) is 0 Å². The molecule has 7 nitrogen and oxygen atoms in total. The summed E-state index contributed by atoms with van der Waals surface area (Å²) >= 11 is 0. The standard InChI is InChI=1S/C19H15N3O4/c23-16-15(21-18(25)22(16)11-12-6-2-1-3-7-12)10-19(26)13-8-4-5-9-14(13)20-17(19)24/h1-10,26H,11H2,(H,20,24)(H,21,25)/b15-10+. The molecule has 1 atom stereocenters. The van der Waals surface area contributed by atoms with Gasteiger partial charge >= 0.3 is 6.03 Å². The van der Waals surface area contributed by atoms with Crippen molar-refractivity contribution in [3.05, 3.63) is 77.5 Å². The van der Waals surface area contributed by atoms with Crippen LogP contribution in [0.1, 0.15) is 11.1 Å². The number of hydrogen-bond donors (Lipinski definition) is 3. The molecule has 130 valence electrons. The summed E-state index contributed by atoms with van der Waals surface area (Å²) in [6, 6.07) is 15.1. The minimum Gasteiger partial charge on any atom is -0.372 e. The monoisotopic (exact) mass is 349 g/mol. The van der Waals surface area contributed by atoms with Crippen LogP contribution in [0.5, 0.6) is 0 Å². The van der Waals surface area contributed by atoms with Gasteiger partial charge < -0.3 is 15.7 Å². The number of hydrogen-bond acceptors (Lipinski definition) is 4. The first-order valence-corrected chi connectivity index (χ1v) is 8.02. The van der Waals surface area contributed by atoms with Crippen molar-refractivity contribution in [2.45, 2.75) is 12.1 Å². The Morgan fingerprint density at radius 2 is 1.65 bits per heavy atom. The van der Waals surface area contributed by atoms with Gasteiger partial charge in [0, 0.05) is 11.3 Å². The smallest absolute Gasteiger partial charge is 0.329 e. The SMILES string of the molecule is O=C1N/C(=C/C2(O)C(=O)Nc3ccccc32)C(=O)N1Cc1ccccc1. The quantitative estimate of drug-likeness (QED) is 0.577. The predicted octanol–water partition coefficient (Wildman–Crippen LogP) is 1.46. The van der Waals surface area contributed by atoms with Gasteiger partial charge in [-0.3, -0.25) is 14.5 Å². The normalized spacial score (nSPS) is 23.2. The van der Waals surface area contributed by atoms with E-state index in [0.29, 0.717) is 11.3 Å². The number of fused-ring (bicyclic) bond motifs is 1. The van der Waals surface area contributed by atoms with Gasteiger partial charge in [-0.25, -0.2) is 4.79 Å². The molecule has 2 aliphatic rings. The van der Waals surface area contributed by atoms with Crippen molar-refractivity contribution in [2.24, 2.45) is 0 Å². The van der Waals surface area contributed by atoms with Gasteiger partial charge in [0.15, 0.2) is 5.60 Å². The highest BCUT2D eigenvalue weighted by atomic mass is 16.3. The molecule has 3 N–H and O–H groups in total. The van der Waals surface area contributed by atoms with E-state index in [9.17, 15) is 19.5 Å². The molecular formula is C19H15N3O4. The minimum absolute atomic E-state index is 0.101. The summed E-state index contributed by atoms with van der Waals surface area (Å²) in [6.45, 7) is 0.101. The number of carbonyl (C=O) groups excluding carboxylic acids is 3. The molecule has 2 aliphatic heterocycles. The van der Waals surface area contributed by atoms with Crippen molar-refractivity contribution < 1.29 is 19.5 Å². The van der Waals surface area contributed by atoms with E-state index in [1.54, 1.807) is 36.4 Å². The second kappa shape index (κ2) is 5.82. The maximum Gasteiger partial charge on any atom is 0.329 e. The molecule has 0 spiro atoms. The molecule has 26 heavy (non-hydrogen) atoms. The molecule has 1 fully saturated rings. The van der Waals surface area contributed by atoms with Crippen LogP contribution in [0.2, 0.25) is 0 Å². The van der Waals surface area contributed by atoms with Crippen LogP contribution in [-0.4, -0.2) is 27.9 Å². The second-order valence-electron chi connectivity index (χ2n) is 6.13. The molecule has 2 heterocycles. The molecule has 0 bridgehead atoms. The Labute approximate surface area is 148 Å². The molecule has 4 amide bonds. The Hall–Kier alpha value is -3.45. The topological polar surface area (TPSA) is 98.7 Å². The van der Waals surface area contributed by atoms with Gasteiger partial charge in [0.05, 0.1) is 6.54 Å². The molecule has 1 saturated heterocycles. The molecule has 4 rings (SSSR count). The summed E-state index contributed by atoms with van der Waals surface area (Å²) in [5.41, 5.74) is -0.548. The van der Waals surface area contributed by atoms with Crippen LogP contribution in [0.25, 0.3) is 0 Å². The van der Waals surface area contributed by atoms with Crippen LogP contribution in [0.3, 0.4) is 0 Å². The number of benzene rings is 2. The number of urea groups is 1. The van der Waals surface area contributed by atoms with Crippen LogP contribution in [-0.2, 0) is 21.7 Å². The number of para-hydroxylation sites is 1. The first-order valence-electron chi connectivity index (χ1n) is 8.02. The predicted molar refractivity (Wildman–Crippen MR) is 92.6 cm³/mol. The zero-order chi connectivity index (χ0) is 18.3. The highest BCUT2D eigenvalue weighted by Crippen LogP contribution is 2.37. The number of nitrogens with zero attached hydrogens (tertiary/aromatic N) is 1. The molecule has 0 radical (unpaired) electrons. The average molecular weight is 349 g/mol. The fraction of sp³-hybridized carbons (Fsp3) is 0.105. The van der Waals surface area contributed by atoms with E-state index in [1.165, 1.54) is 0 Å². The lowest BCUT2D eigenvalue weighted by Gasteiger charge is -2.16. The van der Waals surface area contributed by atoms with Crippen LogP contribution in [0.15, 0.2) is 66.4 Å². The fourth-order valence-electron chi connectivity index (χ4n) is 3.10. The van der Waals surface area contributed by atoms with E-state index in [2.05, 4.69) is 10.6 Å². The van der Waals surface area contributed by atoms with E-state index in [0.717, 1.165) is 16.5 Å². The lowest BCUT2D eigenvalue weighted by molar-refractivity contribution is -0.129. The molecule has 0 aliphatic carbocycles. The van der Waals surface area contributed by atoms with Gasteiger partial charge in [-0.2, -0.15) is 0 Å². The van der Waals surface area contributed by atoms with Gasteiger partial charge in [-0.15, -0.1) is 0 Å². The third-order valence-corrected chi connectivity index (χ3v) is 4.43. The Balaban J connectivity index is 1.65. The summed E-state index contributed by atoms with van der Waals surface area (Å²) < 4.78 is 0. The lowest BCUT2D eigenvalue weighted by atomic mass is 9.94. The molecule has 1 unspecified atom stereocenters. The van der Waals surface area contributed by atoms with Crippen LogP contribution < -0.4 is 10.6 Å². The van der Waals surface area contributed by atoms with E-state index in [1.807, 2.05) is 18.2 Å². The van der Waals surface area contributed by atoms with Gasteiger partial charge in [0.1, 0.15) is 5.70 Å². The van der Waals surface area contributed by atoms with Crippen molar-refractivity contribution in [3.8, 4) is 0 Å². The fourth-order valence-corrected chi connectivity index (χ4v) is 3.10. The van der Waals surface area contributed by atoms with Gasteiger partial charge in [0.25, 0.3) is 11.8 Å². The highest BCUT2D eigenvalue weighted by molar-refractivity contribution is 6.13. The number of rotatable bonds is 3.